The molecule has 0 aliphatic heterocycles. The molecule has 0 aromatic heterocycles. The zero-order valence-corrected chi connectivity index (χ0v) is 14.9. The van der Waals surface area contributed by atoms with Gasteiger partial charge in [-0.1, -0.05) is 36.4 Å². The zero-order valence-electron chi connectivity index (χ0n) is 14.9. The highest BCUT2D eigenvalue weighted by atomic mass is 16.5. The molecular formula is C20H22N2O4. The third kappa shape index (κ3) is 5.44. The molecule has 0 radical (unpaired) electrons. The van der Waals surface area contributed by atoms with E-state index in [0.717, 1.165) is 5.56 Å². The second kappa shape index (κ2) is 9.36. The van der Waals surface area contributed by atoms with Crippen molar-refractivity contribution in [3.63, 3.8) is 0 Å². The molecule has 0 saturated carbocycles. The Morgan fingerprint density at radius 1 is 1.04 bits per heavy atom. The smallest absolute Gasteiger partial charge is 0.337 e. The van der Waals surface area contributed by atoms with Crippen LogP contribution in [-0.2, 0) is 20.9 Å². The average Bonchev–Trinajstić information content (AvgIpc) is 2.66. The first-order valence-electron chi connectivity index (χ1n) is 8.28. The van der Waals surface area contributed by atoms with E-state index in [0.29, 0.717) is 17.8 Å². The van der Waals surface area contributed by atoms with Crippen molar-refractivity contribution in [2.75, 3.05) is 18.6 Å². The van der Waals surface area contributed by atoms with E-state index in [1.807, 2.05) is 30.3 Å². The lowest BCUT2D eigenvalue weighted by atomic mass is 10.1. The van der Waals surface area contributed by atoms with Gasteiger partial charge in [0.15, 0.2) is 0 Å². The molecule has 0 atom stereocenters. The predicted molar refractivity (Wildman–Crippen MR) is 98.7 cm³/mol. The monoisotopic (exact) mass is 354 g/mol. The highest BCUT2D eigenvalue weighted by Crippen LogP contribution is 2.17. The fourth-order valence-corrected chi connectivity index (χ4v) is 2.49. The van der Waals surface area contributed by atoms with Gasteiger partial charge in [0, 0.05) is 32.1 Å². The van der Waals surface area contributed by atoms with Crippen molar-refractivity contribution in [3.05, 3.63) is 65.7 Å². The van der Waals surface area contributed by atoms with Gasteiger partial charge >= 0.3 is 5.97 Å². The number of anilines is 1. The molecular weight excluding hydrogens is 332 g/mol. The number of rotatable bonds is 7. The molecule has 2 rings (SSSR count). The van der Waals surface area contributed by atoms with Gasteiger partial charge in [0.05, 0.1) is 12.7 Å². The first kappa shape index (κ1) is 19.2. The van der Waals surface area contributed by atoms with Gasteiger partial charge in [0.1, 0.15) is 0 Å². The van der Waals surface area contributed by atoms with E-state index >= 15 is 0 Å². The zero-order chi connectivity index (χ0) is 18.9. The number of nitrogens with one attached hydrogen (secondary N) is 1. The van der Waals surface area contributed by atoms with Crippen molar-refractivity contribution in [2.45, 2.75) is 19.9 Å². The molecule has 0 spiro atoms. The molecule has 0 bridgehead atoms. The second-order valence-electron chi connectivity index (χ2n) is 5.72. The third-order valence-electron chi connectivity index (χ3n) is 3.85. The highest BCUT2D eigenvalue weighted by Gasteiger charge is 2.15. The molecule has 26 heavy (non-hydrogen) atoms. The van der Waals surface area contributed by atoms with E-state index in [2.05, 4.69) is 5.32 Å². The Morgan fingerprint density at radius 3 is 2.42 bits per heavy atom. The van der Waals surface area contributed by atoms with Gasteiger partial charge in [-0.3, -0.25) is 9.59 Å². The molecule has 0 unspecified atom stereocenters. The van der Waals surface area contributed by atoms with Crippen molar-refractivity contribution in [1.29, 1.82) is 0 Å². The van der Waals surface area contributed by atoms with Crippen molar-refractivity contribution in [3.8, 4) is 0 Å². The standard InChI is InChI=1S/C20H22N2O4/c1-15(23)22(18-10-6-9-17(13-18)20(25)26-2)12-11-19(24)21-14-16-7-4-3-5-8-16/h3-10,13H,11-12,14H2,1-2H3,(H,21,24). The van der Waals surface area contributed by atoms with Crippen LogP contribution in [0.15, 0.2) is 54.6 Å². The van der Waals surface area contributed by atoms with Crippen molar-refractivity contribution < 1.29 is 19.1 Å². The Labute approximate surface area is 152 Å². The van der Waals surface area contributed by atoms with Crippen molar-refractivity contribution in [1.82, 2.24) is 5.32 Å². The van der Waals surface area contributed by atoms with Gasteiger partial charge in [-0.15, -0.1) is 0 Å². The van der Waals surface area contributed by atoms with E-state index in [-0.39, 0.29) is 24.8 Å². The average molecular weight is 354 g/mol. The summed E-state index contributed by atoms with van der Waals surface area (Å²) in [6, 6.07) is 16.2. The normalized spacial score (nSPS) is 10.1. The van der Waals surface area contributed by atoms with Crippen LogP contribution in [0.1, 0.15) is 29.3 Å². The second-order valence-corrected chi connectivity index (χ2v) is 5.72. The molecule has 1 N–H and O–H groups in total. The van der Waals surface area contributed by atoms with Crippen LogP contribution in [0.4, 0.5) is 5.69 Å². The number of ether oxygens (including phenoxy) is 1. The minimum absolute atomic E-state index is 0.149. The molecule has 2 amide bonds. The summed E-state index contributed by atoms with van der Waals surface area (Å²) in [6.07, 6.45) is 0.162. The minimum atomic E-state index is -0.476. The number of esters is 1. The van der Waals surface area contributed by atoms with Gasteiger partial charge in [0.2, 0.25) is 11.8 Å². The van der Waals surface area contributed by atoms with Gasteiger partial charge in [-0.25, -0.2) is 4.79 Å². The lowest BCUT2D eigenvalue weighted by Gasteiger charge is -2.21. The van der Waals surface area contributed by atoms with Crippen LogP contribution < -0.4 is 10.2 Å². The van der Waals surface area contributed by atoms with Crippen LogP contribution in [0.3, 0.4) is 0 Å². The lowest BCUT2D eigenvalue weighted by molar-refractivity contribution is -0.121. The summed E-state index contributed by atoms with van der Waals surface area (Å²) in [4.78, 5) is 37.2. The molecule has 0 saturated heterocycles. The number of nitrogens with zero attached hydrogens (tertiary/aromatic N) is 1. The number of amides is 2. The number of methoxy groups -OCH3 is 1. The first-order chi connectivity index (χ1) is 12.5. The molecule has 136 valence electrons. The van der Waals surface area contributed by atoms with Crippen LogP contribution in [0.5, 0.6) is 0 Å². The summed E-state index contributed by atoms with van der Waals surface area (Å²) in [7, 11) is 1.30. The van der Waals surface area contributed by atoms with E-state index in [4.69, 9.17) is 4.74 Å². The Hall–Kier alpha value is -3.15. The molecule has 6 nitrogen and oxygen atoms in total. The quantitative estimate of drug-likeness (QED) is 0.775. The Morgan fingerprint density at radius 2 is 1.77 bits per heavy atom. The predicted octanol–water partition coefficient (Wildman–Crippen LogP) is 2.53. The maximum Gasteiger partial charge on any atom is 0.337 e. The van der Waals surface area contributed by atoms with Gasteiger partial charge in [0.25, 0.3) is 0 Å². The van der Waals surface area contributed by atoms with Crippen LogP contribution >= 0.6 is 0 Å². The minimum Gasteiger partial charge on any atom is -0.465 e. The van der Waals surface area contributed by atoms with Crippen LogP contribution in [0.2, 0.25) is 0 Å². The van der Waals surface area contributed by atoms with Gasteiger partial charge in [-0.05, 0) is 23.8 Å². The summed E-state index contributed by atoms with van der Waals surface area (Å²) in [6.45, 7) is 2.09. The fourth-order valence-electron chi connectivity index (χ4n) is 2.49. The van der Waals surface area contributed by atoms with Crippen molar-refractivity contribution in [2.24, 2.45) is 0 Å². The lowest BCUT2D eigenvalue weighted by Crippen LogP contribution is -2.33. The van der Waals surface area contributed by atoms with Gasteiger partial charge in [-0.2, -0.15) is 0 Å². The summed E-state index contributed by atoms with van der Waals surface area (Å²) < 4.78 is 4.70. The van der Waals surface area contributed by atoms with E-state index in [1.165, 1.54) is 18.9 Å². The Balaban J connectivity index is 1.97. The van der Waals surface area contributed by atoms with Crippen LogP contribution in [-0.4, -0.2) is 31.4 Å². The maximum atomic E-state index is 12.1. The molecule has 6 heteroatoms. The van der Waals surface area contributed by atoms with Crippen LogP contribution in [0, 0.1) is 0 Å². The van der Waals surface area contributed by atoms with E-state index in [9.17, 15) is 14.4 Å². The number of hydrogen-bond donors (Lipinski definition) is 1. The summed E-state index contributed by atoms with van der Waals surface area (Å²) in [5.41, 5.74) is 1.91. The molecule has 2 aromatic rings. The molecule has 0 aliphatic rings. The van der Waals surface area contributed by atoms with Gasteiger partial charge < -0.3 is 15.0 Å². The molecule has 0 fully saturated rings. The van der Waals surface area contributed by atoms with E-state index in [1.54, 1.807) is 24.3 Å². The molecule has 0 heterocycles. The van der Waals surface area contributed by atoms with Crippen LogP contribution in [0.25, 0.3) is 0 Å². The molecule has 0 aliphatic carbocycles. The fraction of sp³-hybridized carbons (Fsp3) is 0.250. The maximum absolute atomic E-state index is 12.1. The summed E-state index contributed by atoms with van der Waals surface area (Å²) >= 11 is 0. The summed E-state index contributed by atoms with van der Waals surface area (Å²) in [5, 5.41) is 2.83. The Bertz CT molecular complexity index is 774. The Kier molecular flexibility index (Phi) is 6.91. The number of benzene rings is 2. The number of carbonyl (C=O) groups is 3. The summed E-state index contributed by atoms with van der Waals surface area (Å²) in [5.74, 6) is -0.831. The topological polar surface area (TPSA) is 75.7 Å². The number of carbonyl (C=O) groups excluding carboxylic acids is 3. The largest absolute Gasteiger partial charge is 0.465 e. The van der Waals surface area contributed by atoms with E-state index < -0.39 is 5.97 Å². The SMILES string of the molecule is COC(=O)c1cccc(N(CCC(=O)NCc2ccccc2)C(C)=O)c1. The first-order valence-corrected chi connectivity index (χ1v) is 8.28. The molecule has 2 aromatic carbocycles. The van der Waals surface area contributed by atoms with Crippen molar-refractivity contribution >= 4 is 23.5 Å². The third-order valence-corrected chi connectivity index (χ3v) is 3.85. The number of hydrogen-bond acceptors (Lipinski definition) is 4. The highest BCUT2D eigenvalue weighted by molar-refractivity contribution is 5.95.